The van der Waals surface area contributed by atoms with E-state index in [9.17, 15) is 18.0 Å². The van der Waals surface area contributed by atoms with Crippen LogP contribution >= 0.6 is 0 Å². The third-order valence-electron chi connectivity index (χ3n) is 3.55. The molecule has 2 aromatic carbocycles. The number of carbonyl (C=O) groups excluding carboxylic acids is 1. The van der Waals surface area contributed by atoms with Crippen LogP contribution in [0.3, 0.4) is 0 Å². The average molecular weight is 378 g/mol. The number of carbonyl (C=O) groups is 1. The van der Waals surface area contributed by atoms with Crippen LogP contribution in [0.25, 0.3) is 17.1 Å². The standard InChI is InChI=1S/C17H13F3N4O3/c1-26-14-8-10(2-7-13(14)15(21)25)16-22-9-24(23-16)11-3-5-12(6-4-11)27-17(18,19)20/h2-9H,1H3,(H2,21,25). The molecular weight excluding hydrogens is 365 g/mol. The van der Waals surface area contributed by atoms with Gasteiger partial charge in [-0.2, -0.15) is 0 Å². The molecule has 0 aliphatic heterocycles. The van der Waals surface area contributed by atoms with E-state index in [1.165, 1.54) is 48.5 Å². The highest BCUT2D eigenvalue weighted by Gasteiger charge is 2.31. The third-order valence-corrected chi connectivity index (χ3v) is 3.55. The summed E-state index contributed by atoms with van der Waals surface area (Å²) >= 11 is 0. The van der Waals surface area contributed by atoms with Gasteiger partial charge < -0.3 is 15.2 Å². The summed E-state index contributed by atoms with van der Waals surface area (Å²) in [4.78, 5) is 15.5. The van der Waals surface area contributed by atoms with Crippen molar-refractivity contribution in [3.63, 3.8) is 0 Å². The molecule has 3 aromatic rings. The van der Waals surface area contributed by atoms with Crippen LogP contribution in [-0.2, 0) is 0 Å². The number of ether oxygens (including phenoxy) is 2. The van der Waals surface area contributed by atoms with Crippen LogP contribution in [0.4, 0.5) is 13.2 Å². The Balaban J connectivity index is 1.86. The Labute approximate surface area is 151 Å². The Bertz CT molecular complexity index is 968. The number of aromatic nitrogens is 3. The zero-order valence-electron chi connectivity index (χ0n) is 13.9. The van der Waals surface area contributed by atoms with Gasteiger partial charge in [-0.05, 0) is 36.4 Å². The minimum absolute atomic E-state index is 0.223. The maximum Gasteiger partial charge on any atom is 0.573 e. The Kier molecular flexibility index (Phi) is 4.72. The van der Waals surface area contributed by atoms with Crippen LogP contribution < -0.4 is 15.2 Å². The fourth-order valence-corrected chi connectivity index (χ4v) is 2.35. The first-order valence-electron chi connectivity index (χ1n) is 7.53. The number of hydrogen-bond donors (Lipinski definition) is 1. The number of primary amides is 1. The summed E-state index contributed by atoms with van der Waals surface area (Å²) in [6.07, 6.45) is -3.35. The summed E-state index contributed by atoms with van der Waals surface area (Å²) in [6.45, 7) is 0. The van der Waals surface area contributed by atoms with Gasteiger partial charge in [-0.25, -0.2) is 9.67 Å². The number of nitrogens with two attached hydrogens (primary N) is 1. The fourth-order valence-electron chi connectivity index (χ4n) is 2.35. The topological polar surface area (TPSA) is 92.3 Å². The van der Waals surface area contributed by atoms with E-state index in [1.807, 2.05) is 0 Å². The van der Waals surface area contributed by atoms with Gasteiger partial charge >= 0.3 is 6.36 Å². The van der Waals surface area contributed by atoms with Gasteiger partial charge in [-0.1, -0.05) is 6.07 Å². The van der Waals surface area contributed by atoms with E-state index < -0.39 is 12.3 Å². The lowest BCUT2D eigenvalue weighted by atomic mass is 10.1. The van der Waals surface area contributed by atoms with Crippen LogP contribution in [0.2, 0.25) is 0 Å². The van der Waals surface area contributed by atoms with Crippen molar-refractivity contribution >= 4 is 5.91 Å². The Hall–Kier alpha value is -3.56. The lowest BCUT2D eigenvalue weighted by Crippen LogP contribution is -2.17. The van der Waals surface area contributed by atoms with Crippen molar-refractivity contribution in [3.05, 3.63) is 54.4 Å². The van der Waals surface area contributed by atoms with Crippen molar-refractivity contribution in [1.29, 1.82) is 0 Å². The van der Waals surface area contributed by atoms with Crippen LogP contribution in [0.15, 0.2) is 48.8 Å². The van der Waals surface area contributed by atoms with Gasteiger partial charge in [0, 0.05) is 5.56 Å². The molecule has 0 atom stereocenters. The number of amides is 1. The van der Waals surface area contributed by atoms with Crippen molar-refractivity contribution < 1.29 is 27.4 Å². The minimum Gasteiger partial charge on any atom is -0.496 e. The fraction of sp³-hybridized carbons (Fsp3) is 0.118. The van der Waals surface area contributed by atoms with Crippen molar-refractivity contribution in [1.82, 2.24) is 14.8 Å². The highest BCUT2D eigenvalue weighted by atomic mass is 19.4. The Morgan fingerprint density at radius 3 is 2.44 bits per heavy atom. The molecule has 7 nitrogen and oxygen atoms in total. The van der Waals surface area contributed by atoms with Crippen molar-refractivity contribution in [2.45, 2.75) is 6.36 Å². The van der Waals surface area contributed by atoms with Gasteiger partial charge in [0.1, 0.15) is 17.8 Å². The molecular formula is C17H13F3N4O3. The molecule has 3 rings (SSSR count). The van der Waals surface area contributed by atoms with Crippen molar-refractivity contribution in [2.75, 3.05) is 7.11 Å². The number of alkyl halides is 3. The molecule has 0 radical (unpaired) electrons. The van der Waals surface area contributed by atoms with Gasteiger partial charge in [0.05, 0.1) is 18.4 Å². The molecule has 2 N–H and O–H groups in total. The second kappa shape index (κ2) is 6.98. The number of methoxy groups -OCH3 is 1. The maximum absolute atomic E-state index is 12.2. The SMILES string of the molecule is COc1cc(-c2ncn(-c3ccc(OC(F)(F)F)cc3)n2)ccc1C(N)=O. The number of rotatable bonds is 5. The zero-order chi connectivity index (χ0) is 19.6. The van der Waals surface area contributed by atoms with Crippen molar-refractivity contribution in [3.8, 4) is 28.6 Å². The van der Waals surface area contributed by atoms with Crippen molar-refractivity contribution in [2.24, 2.45) is 5.73 Å². The zero-order valence-corrected chi connectivity index (χ0v) is 13.9. The van der Waals surface area contributed by atoms with E-state index in [4.69, 9.17) is 10.5 Å². The molecule has 140 valence electrons. The van der Waals surface area contributed by atoms with Crippen LogP contribution in [0.5, 0.6) is 11.5 Å². The highest BCUT2D eigenvalue weighted by Crippen LogP contribution is 2.26. The number of halogens is 3. The minimum atomic E-state index is -4.75. The van der Waals surface area contributed by atoms with Gasteiger partial charge in [0.2, 0.25) is 0 Å². The molecule has 0 unspecified atom stereocenters. The second-order valence-electron chi connectivity index (χ2n) is 5.33. The summed E-state index contributed by atoms with van der Waals surface area (Å²) in [5.74, 6) is -0.346. The van der Waals surface area contributed by atoms with E-state index in [0.717, 1.165) is 0 Å². The van der Waals surface area contributed by atoms with Gasteiger partial charge in [-0.15, -0.1) is 18.3 Å². The predicted octanol–water partition coefficient (Wildman–Crippen LogP) is 2.94. The molecule has 0 aliphatic carbocycles. The van der Waals surface area contributed by atoms with E-state index >= 15 is 0 Å². The Morgan fingerprint density at radius 1 is 1.15 bits per heavy atom. The smallest absolute Gasteiger partial charge is 0.496 e. The average Bonchev–Trinajstić information content (AvgIpc) is 3.10. The van der Waals surface area contributed by atoms with Crippen LogP contribution in [0.1, 0.15) is 10.4 Å². The monoisotopic (exact) mass is 378 g/mol. The summed E-state index contributed by atoms with van der Waals surface area (Å²) < 4.78 is 47.0. The first-order valence-corrected chi connectivity index (χ1v) is 7.53. The summed E-state index contributed by atoms with van der Waals surface area (Å²) in [7, 11) is 1.40. The van der Waals surface area contributed by atoms with Gasteiger partial charge in [0.25, 0.3) is 5.91 Å². The molecule has 0 fully saturated rings. The molecule has 10 heteroatoms. The first kappa shape index (κ1) is 18.2. The van der Waals surface area contributed by atoms with Crippen LogP contribution in [-0.4, -0.2) is 34.1 Å². The second-order valence-corrected chi connectivity index (χ2v) is 5.33. The molecule has 0 saturated carbocycles. The van der Waals surface area contributed by atoms with E-state index in [-0.39, 0.29) is 17.1 Å². The summed E-state index contributed by atoms with van der Waals surface area (Å²) in [6, 6.07) is 9.86. The normalized spacial score (nSPS) is 11.3. The van der Waals surface area contributed by atoms with E-state index in [2.05, 4.69) is 14.8 Å². The third kappa shape index (κ3) is 4.17. The van der Waals surface area contributed by atoms with Gasteiger partial charge in [-0.3, -0.25) is 4.79 Å². The molecule has 0 bridgehead atoms. The quantitative estimate of drug-likeness (QED) is 0.737. The molecule has 1 aromatic heterocycles. The van der Waals surface area contributed by atoms with E-state index in [0.29, 0.717) is 17.1 Å². The van der Waals surface area contributed by atoms with E-state index in [1.54, 1.807) is 12.1 Å². The van der Waals surface area contributed by atoms with Gasteiger partial charge in [0.15, 0.2) is 5.82 Å². The number of nitrogens with zero attached hydrogens (tertiary/aromatic N) is 3. The molecule has 1 heterocycles. The first-order chi connectivity index (χ1) is 12.8. The lowest BCUT2D eigenvalue weighted by molar-refractivity contribution is -0.274. The lowest BCUT2D eigenvalue weighted by Gasteiger charge is -2.09. The number of hydrogen-bond acceptors (Lipinski definition) is 5. The highest BCUT2D eigenvalue weighted by molar-refractivity contribution is 5.96. The molecule has 0 saturated heterocycles. The molecule has 27 heavy (non-hydrogen) atoms. The largest absolute Gasteiger partial charge is 0.573 e. The van der Waals surface area contributed by atoms with Crippen LogP contribution in [0, 0.1) is 0 Å². The summed E-state index contributed by atoms with van der Waals surface area (Å²) in [5.41, 5.74) is 6.56. The molecule has 0 aliphatic rings. The summed E-state index contributed by atoms with van der Waals surface area (Å²) in [5, 5.41) is 4.28. The molecule has 1 amide bonds. The maximum atomic E-state index is 12.2. The predicted molar refractivity (Wildman–Crippen MR) is 88.5 cm³/mol. The Morgan fingerprint density at radius 2 is 1.85 bits per heavy atom. The molecule has 0 spiro atoms. The number of benzene rings is 2.